The van der Waals surface area contributed by atoms with Gasteiger partial charge in [0.1, 0.15) is 0 Å². The van der Waals surface area contributed by atoms with Gasteiger partial charge in [0, 0.05) is 19.7 Å². The highest BCUT2D eigenvalue weighted by Crippen LogP contribution is 1.97. The Kier molecular flexibility index (Phi) is 9.52. The number of aliphatic hydroxyl groups is 1. The van der Waals surface area contributed by atoms with E-state index in [4.69, 9.17) is 9.84 Å². The number of carbonyl (C=O) groups excluding carboxylic acids is 1. The van der Waals surface area contributed by atoms with Crippen LogP contribution in [0.2, 0.25) is 0 Å². The monoisotopic (exact) mass is 217 g/mol. The summed E-state index contributed by atoms with van der Waals surface area (Å²) in [6, 6.07) is 0. The van der Waals surface area contributed by atoms with Crippen LogP contribution in [0, 0.1) is 0 Å². The summed E-state index contributed by atoms with van der Waals surface area (Å²) < 4.78 is 5.25. The van der Waals surface area contributed by atoms with Gasteiger partial charge in [0.05, 0.1) is 19.6 Å². The fourth-order valence-corrected chi connectivity index (χ4v) is 1.32. The Morgan fingerprint density at radius 1 is 1.20 bits per heavy atom. The zero-order chi connectivity index (χ0) is 11.5. The van der Waals surface area contributed by atoms with Crippen LogP contribution in [-0.2, 0) is 9.53 Å². The van der Waals surface area contributed by atoms with Crippen molar-refractivity contribution in [3.63, 3.8) is 0 Å². The molecule has 1 amide bonds. The van der Waals surface area contributed by atoms with Crippen molar-refractivity contribution in [3.8, 4) is 0 Å². The number of carbonyl (C=O) groups is 1. The second kappa shape index (κ2) is 9.93. The summed E-state index contributed by atoms with van der Waals surface area (Å²) >= 11 is 0. The number of ether oxygens (including phenoxy) is 1. The maximum Gasteiger partial charge on any atom is 0.224 e. The highest BCUT2D eigenvalue weighted by atomic mass is 16.5. The molecule has 0 fully saturated rings. The van der Waals surface area contributed by atoms with Crippen molar-refractivity contribution in [1.82, 2.24) is 4.90 Å². The van der Waals surface area contributed by atoms with E-state index in [1.165, 1.54) is 0 Å². The molecule has 0 aromatic rings. The maximum atomic E-state index is 11.6. The van der Waals surface area contributed by atoms with E-state index in [0.717, 1.165) is 12.8 Å². The average Bonchev–Trinajstić information content (AvgIpc) is 2.24. The summed E-state index contributed by atoms with van der Waals surface area (Å²) in [4.78, 5) is 13.3. The van der Waals surface area contributed by atoms with Crippen molar-refractivity contribution < 1.29 is 14.6 Å². The van der Waals surface area contributed by atoms with Gasteiger partial charge in [-0.25, -0.2) is 0 Å². The van der Waals surface area contributed by atoms with Gasteiger partial charge < -0.3 is 14.7 Å². The first-order valence-corrected chi connectivity index (χ1v) is 5.72. The molecule has 4 nitrogen and oxygen atoms in total. The first kappa shape index (κ1) is 14.4. The standard InChI is InChI=1S/C11H23NO3/c1-3-6-12(7-8-13)11(14)5-10-15-9-4-2/h13H,3-10H2,1-2H3. The van der Waals surface area contributed by atoms with E-state index in [0.29, 0.717) is 32.7 Å². The SMILES string of the molecule is CCCOCCC(=O)N(CCC)CCO. The largest absolute Gasteiger partial charge is 0.395 e. The van der Waals surface area contributed by atoms with Crippen LogP contribution < -0.4 is 0 Å². The van der Waals surface area contributed by atoms with Crippen molar-refractivity contribution in [2.45, 2.75) is 33.1 Å². The average molecular weight is 217 g/mol. The van der Waals surface area contributed by atoms with Crippen LogP contribution in [0.15, 0.2) is 0 Å². The van der Waals surface area contributed by atoms with E-state index in [2.05, 4.69) is 0 Å². The Balaban J connectivity index is 3.70. The first-order valence-electron chi connectivity index (χ1n) is 5.72. The summed E-state index contributed by atoms with van der Waals surface area (Å²) in [5, 5.41) is 8.80. The number of aliphatic hydroxyl groups excluding tert-OH is 1. The maximum absolute atomic E-state index is 11.6. The fourth-order valence-electron chi connectivity index (χ4n) is 1.32. The molecule has 0 unspecified atom stereocenters. The fraction of sp³-hybridized carbons (Fsp3) is 0.909. The van der Waals surface area contributed by atoms with Crippen LogP contribution in [0.4, 0.5) is 0 Å². The predicted molar refractivity (Wildman–Crippen MR) is 59.7 cm³/mol. The van der Waals surface area contributed by atoms with Gasteiger partial charge in [-0.3, -0.25) is 4.79 Å². The molecule has 0 aliphatic heterocycles. The molecule has 0 aromatic carbocycles. The van der Waals surface area contributed by atoms with E-state index < -0.39 is 0 Å². The van der Waals surface area contributed by atoms with Gasteiger partial charge in [0.25, 0.3) is 0 Å². The van der Waals surface area contributed by atoms with Gasteiger partial charge in [-0.1, -0.05) is 13.8 Å². The van der Waals surface area contributed by atoms with E-state index in [1.54, 1.807) is 4.90 Å². The number of amides is 1. The van der Waals surface area contributed by atoms with Crippen LogP contribution in [0.1, 0.15) is 33.1 Å². The van der Waals surface area contributed by atoms with E-state index >= 15 is 0 Å². The number of nitrogens with zero attached hydrogens (tertiary/aromatic N) is 1. The second-order valence-electron chi connectivity index (χ2n) is 3.47. The molecule has 15 heavy (non-hydrogen) atoms. The van der Waals surface area contributed by atoms with Crippen LogP contribution in [-0.4, -0.2) is 48.8 Å². The molecule has 90 valence electrons. The van der Waals surface area contributed by atoms with E-state index in [1.807, 2.05) is 13.8 Å². The Hall–Kier alpha value is -0.610. The summed E-state index contributed by atoms with van der Waals surface area (Å²) in [6.07, 6.45) is 2.31. The van der Waals surface area contributed by atoms with E-state index in [-0.39, 0.29) is 12.5 Å². The molecule has 0 rings (SSSR count). The Morgan fingerprint density at radius 3 is 2.47 bits per heavy atom. The molecule has 0 aromatic heterocycles. The molecule has 0 saturated heterocycles. The highest BCUT2D eigenvalue weighted by Gasteiger charge is 2.11. The van der Waals surface area contributed by atoms with Crippen molar-refractivity contribution in [2.24, 2.45) is 0 Å². The number of hydrogen-bond acceptors (Lipinski definition) is 3. The van der Waals surface area contributed by atoms with E-state index in [9.17, 15) is 4.79 Å². The molecule has 0 heterocycles. The smallest absolute Gasteiger partial charge is 0.224 e. The summed E-state index contributed by atoms with van der Waals surface area (Å²) in [5.41, 5.74) is 0. The Labute approximate surface area is 92.2 Å². The molecular formula is C11H23NO3. The molecule has 1 N–H and O–H groups in total. The molecule has 0 atom stereocenters. The van der Waals surface area contributed by atoms with Crippen molar-refractivity contribution in [2.75, 3.05) is 32.9 Å². The quantitative estimate of drug-likeness (QED) is 0.587. The molecule has 0 bridgehead atoms. The molecule has 4 heteroatoms. The van der Waals surface area contributed by atoms with Gasteiger partial charge >= 0.3 is 0 Å². The van der Waals surface area contributed by atoms with Crippen molar-refractivity contribution in [1.29, 1.82) is 0 Å². The zero-order valence-electron chi connectivity index (χ0n) is 9.87. The van der Waals surface area contributed by atoms with Crippen molar-refractivity contribution >= 4 is 5.91 Å². The van der Waals surface area contributed by atoms with Gasteiger partial charge in [0.15, 0.2) is 0 Å². The first-order chi connectivity index (χ1) is 7.26. The third-order valence-electron chi connectivity index (χ3n) is 2.02. The van der Waals surface area contributed by atoms with Gasteiger partial charge in [-0.05, 0) is 12.8 Å². The minimum Gasteiger partial charge on any atom is -0.395 e. The minimum absolute atomic E-state index is 0.0293. The lowest BCUT2D eigenvalue weighted by Crippen LogP contribution is -2.34. The normalized spacial score (nSPS) is 10.3. The number of rotatable bonds is 9. The van der Waals surface area contributed by atoms with Crippen LogP contribution >= 0.6 is 0 Å². The van der Waals surface area contributed by atoms with Gasteiger partial charge in [-0.2, -0.15) is 0 Å². The third-order valence-corrected chi connectivity index (χ3v) is 2.02. The highest BCUT2D eigenvalue weighted by molar-refractivity contribution is 5.76. The number of hydrogen-bond donors (Lipinski definition) is 1. The lowest BCUT2D eigenvalue weighted by atomic mass is 10.3. The second-order valence-corrected chi connectivity index (χ2v) is 3.47. The van der Waals surface area contributed by atoms with Crippen LogP contribution in [0.25, 0.3) is 0 Å². The molecule has 0 aliphatic carbocycles. The van der Waals surface area contributed by atoms with Crippen LogP contribution in [0.3, 0.4) is 0 Å². The molecular weight excluding hydrogens is 194 g/mol. The molecule has 0 aliphatic rings. The van der Waals surface area contributed by atoms with Gasteiger partial charge in [0.2, 0.25) is 5.91 Å². The summed E-state index contributed by atoms with van der Waals surface area (Å²) in [7, 11) is 0. The van der Waals surface area contributed by atoms with Crippen molar-refractivity contribution in [3.05, 3.63) is 0 Å². The molecule has 0 spiro atoms. The lowest BCUT2D eigenvalue weighted by Gasteiger charge is -2.20. The zero-order valence-corrected chi connectivity index (χ0v) is 9.87. The molecule has 0 saturated carbocycles. The third kappa shape index (κ3) is 7.33. The Bertz CT molecular complexity index is 156. The predicted octanol–water partition coefficient (Wildman–Crippen LogP) is 1.03. The summed E-state index contributed by atoms with van der Waals surface area (Å²) in [5.74, 6) is 0.0713. The Morgan fingerprint density at radius 2 is 1.93 bits per heavy atom. The van der Waals surface area contributed by atoms with Gasteiger partial charge in [-0.15, -0.1) is 0 Å². The topological polar surface area (TPSA) is 49.8 Å². The lowest BCUT2D eigenvalue weighted by molar-refractivity contribution is -0.132. The van der Waals surface area contributed by atoms with Crippen LogP contribution in [0.5, 0.6) is 0 Å². The molecule has 0 radical (unpaired) electrons. The minimum atomic E-state index is 0.0293. The summed E-state index contributed by atoms with van der Waals surface area (Å²) in [6.45, 7) is 6.43.